The predicted octanol–water partition coefficient (Wildman–Crippen LogP) is 0.136. The second-order valence-corrected chi connectivity index (χ2v) is 6.89. The van der Waals surface area contributed by atoms with Crippen LogP contribution in [0.25, 0.3) is 0 Å². The summed E-state index contributed by atoms with van der Waals surface area (Å²) in [6.45, 7) is 2.44. The van der Waals surface area contributed by atoms with Gasteiger partial charge in [0.1, 0.15) is 0 Å². The van der Waals surface area contributed by atoms with Gasteiger partial charge in [0.05, 0.1) is 11.4 Å². The summed E-state index contributed by atoms with van der Waals surface area (Å²) in [4.78, 5) is 0. The number of nitrogens with zero attached hydrogens (tertiary/aromatic N) is 1. The molecule has 1 N–H and O–H groups in total. The molecule has 0 radical (unpaired) electrons. The number of thioether (sulfide) groups is 1. The molecule has 0 aromatic rings. The molecule has 1 saturated heterocycles. The van der Waals surface area contributed by atoms with Crippen LogP contribution in [0.2, 0.25) is 0 Å². The molecule has 1 heterocycles. The molecule has 0 aliphatic carbocycles. The van der Waals surface area contributed by atoms with E-state index < -0.39 is 15.6 Å². The Hall–Kier alpha value is 0.220. The molecule has 0 saturated carbocycles. The fourth-order valence-electron chi connectivity index (χ4n) is 1.61. The van der Waals surface area contributed by atoms with E-state index in [0.717, 1.165) is 0 Å². The third kappa shape index (κ3) is 3.12. The summed E-state index contributed by atoms with van der Waals surface area (Å²) in [7, 11) is -3.07. The maximum atomic E-state index is 11.5. The van der Waals surface area contributed by atoms with Crippen LogP contribution in [-0.2, 0) is 10.0 Å². The highest BCUT2D eigenvalue weighted by Gasteiger charge is 2.33. The Balaban J connectivity index is 2.60. The summed E-state index contributed by atoms with van der Waals surface area (Å²) in [5, 5.41) is 9.88. The maximum Gasteiger partial charge on any atom is 0.214 e. The van der Waals surface area contributed by atoms with Gasteiger partial charge in [0.25, 0.3) is 0 Å². The lowest BCUT2D eigenvalue weighted by molar-refractivity contribution is 0.0658. The van der Waals surface area contributed by atoms with E-state index in [1.165, 1.54) is 16.1 Å². The van der Waals surface area contributed by atoms with Gasteiger partial charge in [0, 0.05) is 18.8 Å². The molecule has 6 heteroatoms. The number of β-amino-alcohol motifs (C(OH)–C–C–N with tert-alkyl or cyclic N) is 1. The van der Waals surface area contributed by atoms with Crippen molar-refractivity contribution in [2.75, 3.05) is 30.9 Å². The molecule has 0 spiro atoms. The second-order valence-electron chi connectivity index (χ2n) is 3.93. The van der Waals surface area contributed by atoms with Gasteiger partial charge in [-0.3, -0.25) is 0 Å². The molecule has 84 valence electrons. The van der Waals surface area contributed by atoms with Crippen LogP contribution in [-0.4, -0.2) is 54.3 Å². The maximum absolute atomic E-state index is 11.5. The van der Waals surface area contributed by atoms with E-state index in [2.05, 4.69) is 0 Å². The first kappa shape index (κ1) is 12.3. The Morgan fingerprint density at radius 1 is 1.57 bits per heavy atom. The minimum atomic E-state index is -3.07. The van der Waals surface area contributed by atoms with Crippen LogP contribution < -0.4 is 0 Å². The first-order valence-corrected chi connectivity index (χ1v) is 7.57. The number of rotatable bonds is 4. The van der Waals surface area contributed by atoms with Gasteiger partial charge >= 0.3 is 0 Å². The van der Waals surface area contributed by atoms with Gasteiger partial charge in [-0.25, -0.2) is 8.42 Å². The van der Waals surface area contributed by atoms with Gasteiger partial charge in [-0.05, 0) is 19.6 Å². The molecule has 14 heavy (non-hydrogen) atoms. The molecule has 1 aliphatic heterocycles. The zero-order chi connectivity index (χ0) is 10.8. The summed E-state index contributed by atoms with van der Waals surface area (Å²) in [6, 6.07) is 0. The molecule has 0 aromatic heterocycles. The summed E-state index contributed by atoms with van der Waals surface area (Å²) in [5.41, 5.74) is -0.920. The number of hydrogen-bond donors (Lipinski definition) is 1. The minimum absolute atomic E-state index is 0.218. The first-order chi connectivity index (χ1) is 6.37. The van der Waals surface area contributed by atoms with Crippen LogP contribution >= 0.6 is 11.8 Å². The van der Waals surface area contributed by atoms with Gasteiger partial charge in [-0.15, -0.1) is 0 Å². The zero-order valence-corrected chi connectivity index (χ0v) is 10.2. The lowest BCUT2D eigenvalue weighted by atomic mass is 10.1. The molecule has 4 nitrogen and oxygen atoms in total. The van der Waals surface area contributed by atoms with Crippen molar-refractivity contribution >= 4 is 21.8 Å². The number of hydrogen-bond acceptors (Lipinski definition) is 4. The van der Waals surface area contributed by atoms with Crippen molar-refractivity contribution in [3.8, 4) is 0 Å². The van der Waals surface area contributed by atoms with Gasteiger partial charge in [-0.2, -0.15) is 16.1 Å². The van der Waals surface area contributed by atoms with E-state index in [9.17, 15) is 13.5 Å². The molecule has 0 amide bonds. The van der Waals surface area contributed by atoms with Gasteiger partial charge in [-0.1, -0.05) is 0 Å². The molecule has 1 aliphatic rings. The van der Waals surface area contributed by atoms with Crippen LogP contribution in [0.3, 0.4) is 0 Å². The van der Waals surface area contributed by atoms with E-state index in [1.807, 2.05) is 6.26 Å². The first-order valence-electron chi connectivity index (χ1n) is 4.56. The lowest BCUT2D eigenvalue weighted by Gasteiger charge is -2.27. The monoisotopic (exact) mass is 239 g/mol. The van der Waals surface area contributed by atoms with Crippen LogP contribution in [0.5, 0.6) is 0 Å². The van der Waals surface area contributed by atoms with Crippen molar-refractivity contribution in [2.45, 2.75) is 18.9 Å². The molecule has 0 aromatic carbocycles. The summed E-state index contributed by atoms with van der Waals surface area (Å²) < 4.78 is 24.3. The van der Waals surface area contributed by atoms with Crippen molar-refractivity contribution in [3.63, 3.8) is 0 Å². The Kier molecular flexibility index (Phi) is 3.85. The van der Waals surface area contributed by atoms with Crippen LogP contribution in [0.1, 0.15) is 13.3 Å². The average Bonchev–Trinajstić information content (AvgIpc) is 2.29. The topological polar surface area (TPSA) is 57.6 Å². The smallest absolute Gasteiger partial charge is 0.214 e. The quantitative estimate of drug-likeness (QED) is 0.758. The Labute approximate surface area is 89.7 Å². The fraction of sp³-hybridized carbons (Fsp3) is 1.00. The van der Waals surface area contributed by atoms with Crippen LogP contribution in [0.4, 0.5) is 0 Å². The lowest BCUT2D eigenvalue weighted by Crippen LogP contribution is -2.43. The summed E-state index contributed by atoms with van der Waals surface area (Å²) in [6.07, 6.45) is 2.57. The molecular formula is C8H17NO3S2. The highest BCUT2D eigenvalue weighted by molar-refractivity contribution is 7.98. The minimum Gasteiger partial charge on any atom is -0.388 e. The highest BCUT2D eigenvalue weighted by atomic mass is 32.2. The van der Waals surface area contributed by atoms with Crippen molar-refractivity contribution in [1.29, 1.82) is 0 Å². The van der Waals surface area contributed by atoms with Gasteiger partial charge < -0.3 is 5.11 Å². The standard InChI is InChI=1S/C8H17NO3S2/c1-8(10,7-13-2)6-9-4-3-5-14(9,11)12/h10H,3-7H2,1-2H3. The fourth-order valence-corrected chi connectivity index (χ4v) is 3.95. The van der Waals surface area contributed by atoms with Gasteiger partial charge in [0.15, 0.2) is 0 Å². The van der Waals surface area contributed by atoms with E-state index in [1.54, 1.807) is 6.92 Å². The summed E-state index contributed by atoms with van der Waals surface area (Å²) in [5.74, 6) is 0.779. The predicted molar refractivity (Wildman–Crippen MR) is 59.0 cm³/mol. The van der Waals surface area contributed by atoms with Crippen LogP contribution in [0, 0.1) is 0 Å². The van der Waals surface area contributed by atoms with E-state index in [4.69, 9.17) is 0 Å². The molecule has 1 unspecified atom stereocenters. The average molecular weight is 239 g/mol. The van der Waals surface area contributed by atoms with Gasteiger partial charge in [0.2, 0.25) is 10.0 Å². The third-order valence-electron chi connectivity index (χ3n) is 2.18. The molecule has 1 rings (SSSR count). The molecule has 1 fully saturated rings. The second kappa shape index (κ2) is 4.38. The van der Waals surface area contributed by atoms with E-state index in [0.29, 0.717) is 18.7 Å². The van der Waals surface area contributed by atoms with Crippen molar-refractivity contribution in [1.82, 2.24) is 4.31 Å². The largest absolute Gasteiger partial charge is 0.388 e. The van der Waals surface area contributed by atoms with Crippen molar-refractivity contribution < 1.29 is 13.5 Å². The zero-order valence-electron chi connectivity index (χ0n) is 8.56. The van der Waals surface area contributed by atoms with Crippen molar-refractivity contribution in [2.24, 2.45) is 0 Å². The molecular weight excluding hydrogens is 222 g/mol. The third-order valence-corrected chi connectivity index (χ3v) is 4.99. The Bertz CT molecular complexity index is 287. The van der Waals surface area contributed by atoms with E-state index in [-0.39, 0.29) is 12.3 Å². The van der Waals surface area contributed by atoms with Crippen molar-refractivity contribution in [3.05, 3.63) is 0 Å². The normalized spacial score (nSPS) is 26.2. The SMILES string of the molecule is CSCC(C)(O)CN1CCCS1(=O)=O. The number of aliphatic hydroxyl groups is 1. The molecule has 0 bridgehead atoms. The van der Waals surface area contributed by atoms with E-state index >= 15 is 0 Å². The summed E-state index contributed by atoms with van der Waals surface area (Å²) >= 11 is 1.52. The Morgan fingerprint density at radius 3 is 2.64 bits per heavy atom. The molecule has 1 atom stereocenters. The highest BCUT2D eigenvalue weighted by Crippen LogP contribution is 2.19. The Morgan fingerprint density at radius 2 is 2.21 bits per heavy atom. The van der Waals surface area contributed by atoms with Crippen LogP contribution in [0.15, 0.2) is 0 Å². The number of sulfonamides is 1.